The summed E-state index contributed by atoms with van der Waals surface area (Å²) in [6.45, 7) is 0. The number of amides is 1. The average Bonchev–Trinajstić information content (AvgIpc) is 2.99. The van der Waals surface area contributed by atoms with E-state index in [-0.39, 0.29) is 5.91 Å². The van der Waals surface area contributed by atoms with E-state index >= 15 is 0 Å². The Kier molecular flexibility index (Phi) is 2.67. The molecule has 1 aromatic carbocycles. The first kappa shape index (κ1) is 10.5. The number of nitrogens with one attached hydrogen (secondary N) is 1. The third-order valence-corrected chi connectivity index (χ3v) is 2.99. The second-order valence-electron chi connectivity index (χ2n) is 3.73. The summed E-state index contributed by atoms with van der Waals surface area (Å²) in [6.07, 6.45) is 1.70. The maximum Gasteiger partial charge on any atom is 0.254 e. The Bertz CT molecular complexity index is 388. The summed E-state index contributed by atoms with van der Waals surface area (Å²) in [5, 5.41) is 0.656. The van der Waals surface area contributed by atoms with Gasteiger partial charge >= 0.3 is 0 Å². The van der Waals surface area contributed by atoms with Gasteiger partial charge in [-0.2, -0.15) is 0 Å². The third-order valence-electron chi connectivity index (χ3n) is 2.76. The summed E-state index contributed by atoms with van der Waals surface area (Å²) in [5.41, 5.74) is 2.93. The summed E-state index contributed by atoms with van der Waals surface area (Å²) in [7, 11) is 1.44. The van der Waals surface area contributed by atoms with Crippen LogP contribution in [0.2, 0.25) is 5.02 Å². The lowest BCUT2D eigenvalue weighted by Crippen LogP contribution is -2.33. The van der Waals surface area contributed by atoms with Gasteiger partial charge in [-0.05, 0) is 30.5 Å². The van der Waals surface area contributed by atoms with Gasteiger partial charge in [0.2, 0.25) is 0 Å². The standard InChI is InChI=1S/C11H12ClNO2/c1-15-13-10(14)11(5-6-11)8-3-2-4-9(12)7-8/h2-4,7H,5-6H2,1H3,(H,13,14). The second-order valence-corrected chi connectivity index (χ2v) is 4.16. The van der Waals surface area contributed by atoms with Crippen LogP contribution < -0.4 is 5.48 Å². The number of benzene rings is 1. The Balaban J connectivity index is 2.26. The zero-order chi connectivity index (χ0) is 10.9. The molecule has 3 nitrogen and oxygen atoms in total. The lowest BCUT2D eigenvalue weighted by Gasteiger charge is -2.14. The molecule has 1 aromatic rings. The number of hydroxylamine groups is 1. The highest BCUT2D eigenvalue weighted by Gasteiger charge is 2.51. The van der Waals surface area contributed by atoms with Crippen molar-refractivity contribution in [3.63, 3.8) is 0 Å². The van der Waals surface area contributed by atoms with Crippen molar-refractivity contribution in [3.05, 3.63) is 34.9 Å². The van der Waals surface area contributed by atoms with Crippen molar-refractivity contribution in [2.75, 3.05) is 7.11 Å². The van der Waals surface area contributed by atoms with Crippen LogP contribution in [-0.2, 0) is 15.0 Å². The molecule has 0 atom stereocenters. The van der Waals surface area contributed by atoms with Gasteiger partial charge in [0.25, 0.3) is 5.91 Å². The first-order valence-corrected chi connectivity index (χ1v) is 5.16. The van der Waals surface area contributed by atoms with E-state index in [9.17, 15) is 4.79 Å². The Morgan fingerprint density at radius 3 is 2.80 bits per heavy atom. The molecule has 80 valence electrons. The highest BCUT2D eigenvalue weighted by molar-refractivity contribution is 6.30. The highest BCUT2D eigenvalue weighted by Crippen LogP contribution is 2.48. The lowest BCUT2D eigenvalue weighted by atomic mass is 9.95. The van der Waals surface area contributed by atoms with Gasteiger partial charge in [0.15, 0.2) is 0 Å². The molecule has 15 heavy (non-hydrogen) atoms. The number of rotatable bonds is 3. The molecule has 1 N–H and O–H groups in total. The minimum Gasteiger partial charge on any atom is -0.277 e. The number of hydrogen-bond donors (Lipinski definition) is 1. The normalized spacial score (nSPS) is 17.2. The minimum atomic E-state index is -0.416. The van der Waals surface area contributed by atoms with Crippen molar-refractivity contribution >= 4 is 17.5 Å². The first-order chi connectivity index (χ1) is 7.19. The molecule has 0 aromatic heterocycles. The van der Waals surface area contributed by atoms with Crippen molar-refractivity contribution in [3.8, 4) is 0 Å². The predicted molar refractivity (Wildman–Crippen MR) is 57.5 cm³/mol. The van der Waals surface area contributed by atoms with Crippen LogP contribution in [0.25, 0.3) is 0 Å². The Morgan fingerprint density at radius 1 is 1.53 bits per heavy atom. The van der Waals surface area contributed by atoms with Gasteiger partial charge in [-0.3, -0.25) is 9.63 Å². The van der Waals surface area contributed by atoms with E-state index < -0.39 is 5.41 Å². The van der Waals surface area contributed by atoms with Crippen LogP contribution in [0.5, 0.6) is 0 Å². The molecule has 0 bridgehead atoms. The quantitative estimate of drug-likeness (QED) is 0.800. The number of halogens is 1. The van der Waals surface area contributed by atoms with Gasteiger partial charge in [0.1, 0.15) is 0 Å². The lowest BCUT2D eigenvalue weighted by molar-refractivity contribution is -0.134. The fourth-order valence-electron chi connectivity index (χ4n) is 1.75. The fourth-order valence-corrected chi connectivity index (χ4v) is 1.94. The molecule has 1 fully saturated rings. The van der Waals surface area contributed by atoms with Crippen LogP contribution in [0.15, 0.2) is 24.3 Å². The van der Waals surface area contributed by atoms with Gasteiger partial charge in [0, 0.05) is 5.02 Å². The van der Waals surface area contributed by atoms with E-state index in [2.05, 4.69) is 10.3 Å². The molecule has 0 saturated heterocycles. The Hall–Kier alpha value is -1.06. The molecular weight excluding hydrogens is 214 g/mol. The van der Waals surface area contributed by atoms with Crippen LogP contribution in [0.4, 0.5) is 0 Å². The van der Waals surface area contributed by atoms with E-state index in [0.717, 1.165) is 18.4 Å². The van der Waals surface area contributed by atoms with Gasteiger partial charge in [0.05, 0.1) is 12.5 Å². The minimum absolute atomic E-state index is 0.0905. The van der Waals surface area contributed by atoms with Crippen molar-refractivity contribution in [2.24, 2.45) is 0 Å². The maximum atomic E-state index is 11.8. The first-order valence-electron chi connectivity index (χ1n) is 4.78. The summed E-state index contributed by atoms with van der Waals surface area (Å²) in [6, 6.07) is 7.42. The molecule has 1 aliphatic rings. The monoisotopic (exact) mass is 225 g/mol. The van der Waals surface area contributed by atoms with Crippen LogP contribution in [0, 0.1) is 0 Å². The molecule has 2 rings (SSSR count). The molecule has 4 heteroatoms. The molecule has 0 spiro atoms. The molecule has 0 aliphatic heterocycles. The van der Waals surface area contributed by atoms with Crippen LogP contribution in [0.1, 0.15) is 18.4 Å². The predicted octanol–water partition coefficient (Wildman–Crippen LogP) is 2.05. The third kappa shape index (κ3) is 1.85. The highest BCUT2D eigenvalue weighted by atomic mass is 35.5. The van der Waals surface area contributed by atoms with E-state index in [0.29, 0.717) is 5.02 Å². The summed E-state index contributed by atoms with van der Waals surface area (Å²) < 4.78 is 0. The molecule has 1 amide bonds. The van der Waals surface area contributed by atoms with Gasteiger partial charge in [-0.1, -0.05) is 23.7 Å². The zero-order valence-corrected chi connectivity index (χ0v) is 9.17. The number of carbonyl (C=O) groups excluding carboxylic acids is 1. The van der Waals surface area contributed by atoms with Gasteiger partial charge in [-0.25, -0.2) is 5.48 Å². The Labute approximate surface area is 93.3 Å². The van der Waals surface area contributed by atoms with Crippen molar-refractivity contribution < 1.29 is 9.63 Å². The summed E-state index contributed by atoms with van der Waals surface area (Å²) in [5.74, 6) is -0.0905. The zero-order valence-electron chi connectivity index (χ0n) is 8.42. The van der Waals surface area contributed by atoms with Gasteiger partial charge in [-0.15, -0.1) is 0 Å². The summed E-state index contributed by atoms with van der Waals surface area (Å²) in [4.78, 5) is 16.4. The van der Waals surface area contributed by atoms with E-state index in [1.807, 2.05) is 18.2 Å². The largest absolute Gasteiger partial charge is 0.277 e. The smallest absolute Gasteiger partial charge is 0.254 e. The maximum absolute atomic E-state index is 11.8. The Morgan fingerprint density at radius 2 is 2.27 bits per heavy atom. The van der Waals surface area contributed by atoms with E-state index in [1.165, 1.54) is 7.11 Å². The van der Waals surface area contributed by atoms with Gasteiger partial charge < -0.3 is 0 Å². The van der Waals surface area contributed by atoms with Crippen molar-refractivity contribution in [1.82, 2.24) is 5.48 Å². The molecule has 0 unspecified atom stereocenters. The average molecular weight is 226 g/mol. The molecule has 1 saturated carbocycles. The number of carbonyl (C=O) groups is 1. The molecule has 0 radical (unpaired) electrons. The van der Waals surface area contributed by atoms with Crippen LogP contribution in [0.3, 0.4) is 0 Å². The summed E-state index contributed by atoms with van der Waals surface area (Å²) >= 11 is 5.90. The van der Waals surface area contributed by atoms with Crippen LogP contribution in [-0.4, -0.2) is 13.0 Å². The second kappa shape index (κ2) is 3.83. The van der Waals surface area contributed by atoms with Crippen molar-refractivity contribution in [1.29, 1.82) is 0 Å². The van der Waals surface area contributed by atoms with E-state index in [1.54, 1.807) is 6.07 Å². The number of hydrogen-bond acceptors (Lipinski definition) is 2. The van der Waals surface area contributed by atoms with Crippen molar-refractivity contribution in [2.45, 2.75) is 18.3 Å². The topological polar surface area (TPSA) is 38.3 Å². The fraction of sp³-hybridized carbons (Fsp3) is 0.364. The SMILES string of the molecule is CONC(=O)C1(c2cccc(Cl)c2)CC1. The van der Waals surface area contributed by atoms with E-state index in [4.69, 9.17) is 11.6 Å². The molecule has 1 aliphatic carbocycles. The molecule has 0 heterocycles. The van der Waals surface area contributed by atoms with Crippen LogP contribution >= 0.6 is 11.6 Å². The molecular formula is C11H12ClNO2.